The van der Waals surface area contributed by atoms with Crippen molar-refractivity contribution in [2.75, 3.05) is 14.2 Å². The van der Waals surface area contributed by atoms with Gasteiger partial charge in [0.1, 0.15) is 0 Å². The van der Waals surface area contributed by atoms with Crippen LogP contribution in [-0.4, -0.2) is 44.8 Å². The van der Waals surface area contributed by atoms with Crippen LogP contribution in [0.5, 0.6) is 11.5 Å². The van der Waals surface area contributed by atoms with Crippen LogP contribution in [0.15, 0.2) is 18.2 Å². The fourth-order valence-electron chi connectivity index (χ4n) is 1.55. The second kappa shape index (κ2) is 8.65. The Kier molecular flexibility index (Phi) is 6.90. The summed E-state index contributed by atoms with van der Waals surface area (Å²) in [5.41, 5.74) is -0.0481. The highest BCUT2D eigenvalue weighted by Crippen LogP contribution is 2.29. The Labute approximate surface area is 136 Å². The highest BCUT2D eigenvalue weighted by atomic mass is 19.3. The molecule has 3 amide bonds. The van der Waals surface area contributed by atoms with Crippen molar-refractivity contribution in [3.63, 3.8) is 0 Å². The molecule has 24 heavy (non-hydrogen) atoms. The minimum absolute atomic E-state index is 0.0481. The number of carbonyl (C=O) groups is 3. The van der Waals surface area contributed by atoms with Crippen molar-refractivity contribution in [1.82, 2.24) is 10.6 Å². The third-order valence-electron chi connectivity index (χ3n) is 2.73. The normalized spacial score (nSPS) is 11.4. The summed E-state index contributed by atoms with van der Waals surface area (Å²) in [7, 11) is 2.52. The van der Waals surface area contributed by atoms with Crippen molar-refractivity contribution in [2.24, 2.45) is 0 Å². The third kappa shape index (κ3) is 5.38. The van der Waals surface area contributed by atoms with Crippen LogP contribution in [0.1, 0.15) is 17.3 Å². The zero-order valence-corrected chi connectivity index (χ0v) is 13.1. The molecule has 0 saturated carbocycles. The van der Waals surface area contributed by atoms with Gasteiger partial charge in [-0.25, -0.2) is 9.59 Å². The number of esters is 1. The Morgan fingerprint density at radius 3 is 2.38 bits per heavy atom. The third-order valence-corrected chi connectivity index (χ3v) is 2.73. The van der Waals surface area contributed by atoms with E-state index in [2.05, 4.69) is 10.1 Å². The molecule has 0 aliphatic rings. The standard InChI is InChI=1S/C14H16F2N2O6/c1-7(11(19)18-14(21)17-2)23-12(20)8-4-5-9(24-13(15)16)10(6-8)22-3/h4-7,13H,1-3H3,(H2,17,18,19,21). The quantitative estimate of drug-likeness (QED) is 0.753. The molecule has 8 nitrogen and oxygen atoms in total. The summed E-state index contributed by atoms with van der Waals surface area (Å²) >= 11 is 0. The highest BCUT2D eigenvalue weighted by molar-refractivity contribution is 5.98. The maximum absolute atomic E-state index is 12.2. The topological polar surface area (TPSA) is 103 Å². The van der Waals surface area contributed by atoms with Gasteiger partial charge in [0.25, 0.3) is 5.91 Å². The molecule has 0 heterocycles. The number of hydrogen-bond acceptors (Lipinski definition) is 6. The first-order valence-corrected chi connectivity index (χ1v) is 6.64. The average molecular weight is 346 g/mol. The summed E-state index contributed by atoms with van der Waals surface area (Å²) < 4.78 is 38.5. The fourth-order valence-corrected chi connectivity index (χ4v) is 1.55. The molecule has 0 fully saturated rings. The van der Waals surface area contributed by atoms with Crippen LogP contribution in [0.2, 0.25) is 0 Å². The molecule has 0 aliphatic heterocycles. The number of alkyl halides is 2. The molecule has 2 N–H and O–H groups in total. The number of urea groups is 1. The highest BCUT2D eigenvalue weighted by Gasteiger charge is 2.21. The lowest BCUT2D eigenvalue weighted by molar-refractivity contribution is -0.127. The summed E-state index contributed by atoms with van der Waals surface area (Å²) in [5, 5.41) is 4.11. The van der Waals surface area contributed by atoms with Gasteiger partial charge in [-0.1, -0.05) is 0 Å². The van der Waals surface area contributed by atoms with Gasteiger partial charge >= 0.3 is 18.6 Å². The zero-order valence-electron chi connectivity index (χ0n) is 13.1. The molecule has 0 bridgehead atoms. The molecule has 0 spiro atoms. The van der Waals surface area contributed by atoms with E-state index >= 15 is 0 Å². The second-order valence-corrected chi connectivity index (χ2v) is 4.36. The van der Waals surface area contributed by atoms with E-state index in [1.54, 1.807) is 0 Å². The van der Waals surface area contributed by atoms with E-state index in [0.717, 1.165) is 12.1 Å². The van der Waals surface area contributed by atoms with Gasteiger partial charge in [0, 0.05) is 7.05 Å². The molecule has 1 aromatic carbocycles. The lowest BCUT2D eigenvalue weighted by atomic mass is 10.2. The number of rotatable bonds is 6. The number of carbonyl (C=O) groups excluding carboxylic acids is 3. The molecule has 1 rings (SSSR count). The van der Waals surface area contributed by atoms with Crippen molar-refractivity contribution in [3.8, 4) is 11.5 Å². The number of amides is 3. The molecule has 0 aromatic heterocycles. The smallest absolute Gasteiger partial charge is 0.387 e. The van der Waals surface area contributed by atoms with Crippen LogP contribution in [0.25, 0.3) is 0 Å². The van der Waals surface area contributed by atoms with Crippen molar-refractivity contribution in [1.29, 1.82) is 0 Å². The maximum atomic E-state index is 12.2. The van der Waals surface area contributed by atoms with E-state index in [-0.39, 0.29) is 17.1 Å². The van der Waals surface area contributed by atoms with Crippen molar-refractivity contribution in [3.05, 3.63) is 23.8 Å². The Morgan fingerprint density at radius 1 is 1.17 bits per heavy atom. The Morgan fingerprint density at radius 2 is 1.83 bits per heavy atom. The Hall–Kier alpha value is -2.91. The molecule has 1 unspecified atom stereocenters. The number of halogens is 2. The number of methoxy groups -OCH3 is 1. The second-order valence-electron chi connectivity index (χ2n) is 4.36. The molecule has 1 aromatic rings. The van der Waals surface area contributed by atoms with Crippen LogP contribution < -0.4 is 20.1 Å². The van der Waals surface area contributed by atoms with Gasteiger partial charge in [-0.2, -0.15) is 8.78 Å². The van der Waals surface area contributed by atoms with E-state index < -0.39 is 30.6 Å². The van der Waals surface area contributed by atoms with Crippen LogP contribution >= 0.6 is 0 Å². The molecule has 1 atom stereocenters. The van der Waals surface area contributed by atoms with Crippen LogP contribution in [-0.2, 0) is 9.53 Å². The van der Waals surface area contributed by atoms with E-state index in [1.807, 2.05) is 5.32 Å². The van der Waals surface area contributed by atoms with Crippen LogP contribution in [0.3, 0.4) is 0 Å². The van der Waals surface area contributed by atoms with E-state index in [1.165, 1.54) is 27.1 Å². The molecule has 0 aliphatic carbocycles. The lowest BCUT2D eigenvalue weighted by Crippen LogP contribution is -2.43. The summed E-state index contributed by atoms with van der Waals surface area (Å²) in [4.78, 5) is 34.6. The van der Waals surface area contributed by atoms with E-state index in [9.17, 15) is 23.2 Å². The first kappa shape index (κ1) is 19.1. The zero-order chi connectivity index (χ0) is 18.3. The monoisotopic (exact) mass is 346 g/mol. The summed E-state index contributed by atoms with van der Waals surface area (Å²) in [5.74, 6) is -2.09. The number of benzene rings is 1. The minimum Gasteiger partial charge on any atom is -0.493 e. The number of hydrogen-bond donors (Lipinski definition) is 2. The van der Waals surface area contributed by atoms with Crippen molar-refractivity contribution in [2.45, 2.75) is 19.6 Å². The number of imide groups is 1. The summed E-state index contributed by atoms with van der Waals surface area (Å²) in [6, 6.07) is 2.66. The van der Waals surface area contributed by atoms with Crippen molar-refractivity contribution >= 4 is 17.9 Å². The van der Waals surface area contributed by atoms with Gasteiger partial charge in [0.15, 0.2) is 17.6 Å². The van der Waals surface area contributed by atoms with Gasteiger partial charge in [-0.15, -0.1) is 0 Å². The summed E-state index contributed by atoms with van der Waals surface area (Å²) in [6.07, 6.45) is -1.25. The van der Waals surface area contributed by atoms with Gasteiger partial charge in [-0.3, -0.25) is 10.1 Å². The Balaban J connectivity index is 2.80. The Bertz CT molecular complexity index is 623. The van der Waals surface area contributed by atoms with Crippen molar-refractivity contribution < 1.29 is 37.4 Å². The predicted molar refractivity (Wildman–Crippen MR) is 77.1 cm³/mol. The number of nitrogens with one attached hydrogen (secondary N) is 2. The van der Waals surface area contributed by atoms with Gasteiger partial charge < -0.3 is 19.5 Å². The lowest BCUT2D eigenvalue weighted by Gasteiger charge is -2.14. The maximum Gasteiger partial charge on any atom is 0.387 e. The first-order chi connectivity index (χ1) is 11.3. The SMILES string of the molecule is CNC(=O)NC(=O)C(C)OC(=O)c1ccc(OC(F)F)c(OC)c1. The average Bonchev–Trinajstić information content (AvgIpc) is 2.54. The molecular formula is C14H16F2N2O6. The van der Waals surface area contributed by atoms with Crippen LogP contribution in [0.4, 0.5) is 13.6 Å². The van der Waals surface area contributed by atoms with Gasteiger partial charge in [0.05, 0.1) is 12.7 Å². The predicted octanol–water partition coefficient (Wildman–Crippen LogP) is 1.30. The largest absolute Gasteiger partial charge is 0.493 e. The van der Waals surface area contributed by atoms with Gasteiger partial charge in [-0.05, 0) is 25.1 Å². The molecule has 0 saturated heterocycles. The van der Waals surface area contributed by atoms with Gasteiger partial charge in [0.2, 0.25) is 0 Å². The molecular weight excluding hydrogens is 330 g/mol. The molecule has 132 valence electrons. The van der Waals surface area contributed by atoms with E-state index in [0.29, 0.717) is 0 Å². The van der Waals surface area contributed by atoms with E-state index in [4.69, 9.17) is 9.47 Å². The molecule has 10 heteroatoms. The minimum atomic E-state index is -3.05. The van der Waals surface area contributed by atoms with Crippen LogP contribution in [0, 0.1) is 0 Å². The molecule has 0 radical (unpaired) electrons. The summed E-state index contributed by atoms with van der Waals surface area (Å²) in [6.45, 7) is -1.79. The number of ether oxygens (including phenoxy) is 3. The first-order valence-electron chi connectivity index (χ1n) is 6.64. The fraction of sp³-hybridized carbons (Fsp3) is 0.357.